The molecule has 10 heteroatoms. The number of nitrogens with one attached hydrogen (secondary N) is 1. The van der Waals surface area contributed by atoms with Crippen LogP contribution in [0.25, 0.3) is 22.6 Å². The van der Waals surface area contributed by atoms with E-state index < -0.39 is 5.63 Å². The Kier molecular flexibility index (Phi) is 4.62. The molecule has 0 fully saturated rings. The zero-order valence-electron chi connectivity index (χ0n) is 14.7. The van der Waals surface area contributed by atoms with E-state index in [1.165, 1.54) is 35.7 Å². The Morgan fingerprint density at radius 2 is 2.14 bits per heavy atom. The van der Waals surface area contributed by atoms with E-state index in [1.54, 1.807) is 30.3 Å². The molecular formula is C18H15N5O4S. The van der Waals surface area contributed by atoms with Crippen LogP contribution >= 0.6 is 11.8 Å². The van der Waals surface area contributed by atoms with Crippen LogP contribution in [0.2, 0.25) is 0 Å². The Labute approximate surface area is 162 Å². The summed E-state index contributed by atoms with van der Waals surface area (Å²) in [6.07, 6.45) is 1.53. The maximum atomic E-state index is 11.9. The molecule has 0 bridgehead atoms. The molecule has 1 amide bonds. The van der Waals surface area contributed by atoms with Crippen molar-refractivity contribution >= 4 is 34.3 Å². The number of aromatic nitrogens is 3. The predicted molar refractivity (Wildman–Crippen MR) is 104 cm³/mol. The van der Waals surface area contributed by atoms with E-state index in [0.29, 0.717) is 33.8 Å². The number of nitrogens with two attached hydrogens (primary N) is 1. The molecule has 0 aliphatic heterocycles. The van der Waals surface area contributed by atoms with Crippen molar-refractivity contribution in [3.8, 4) is 11.6 Å². The Balaban J connectivity index is 1.62. The van der Waals surface area contributed by atoms with Crippen molar-refractivity contribution in [2.45, 2.75) is 17.8 Å². The second-order valence-corrected chi connectivity index (χ2v) is 6.87. The van der Waals surface area contributed by atoms with Gasteiger partial charge in [0, 0.05) is 35.9 Å². The predicted octanol–water partition coefficient (Wildman–Crippen LogP) is 2.61. The van der Waals surface area contributed by atoms with Crippen molar-refractivity contribution in [1.82, 2.24) is 14.9 Å². The number of benzene rings is 1. The molecule has 0 radical (unpaired) electrons. The lowest BCUT2D eigenvalue weighted by Crippen LogP contribution is -2.11. The topological polar surface area (TPSA) is 129 Å². The van der Waals surface area contributed by atoms with Crippen molar-refractivity contribution in [3.63, 3.8) is 0 Å². The van der Waals surface area contributed by atoms with Gasteiger partial charge in [0.1, 0.15) is 5.58 Å². The second kappa shape index (κ2) is 7.24. The lowest BCUT2D eigenvalue weighted by Gasteiger charge is -2.07. The van der Waals surface area contributed by atoms with Gasteiger partial charge in [-0.1, -0.05) is 11.8 Å². The molecule has 3 aromatic heterocycles. The zero-order valence-corrected chi connectivity index (χ0v) is 15.5. The van der Waals surface area contributed by atoms with E-state index >= 15 is 0 Å². The first kappa shape index (κ1) is 17.9. The minimum atomic E-state index is -0.478. The number of furan rings is 1. The highest BCUT2D eigenvalue weighted by atomic mass is 32.2. The van der Waals surface area contributed by atoms with Crippen molar-refractivity contribution in [2.24, 2.45) is 0 Å². The molecule has 3 N–H and O–H groups in total. The summed E-state index contributed by atoms with van der Waals surface area (Å²) in [7, 11) is 0. The molecule has 0 aliphatic rings. The average Bonchev–Trinajstić information content (AvgIpc) is 3.28. The molecule has 4 rings (SSSR count). The summed E-state index contributed by atoms with van der Waals surface area (Å²) >= 11 is 1.33. The summed E-state index contributed by atoms with van der Waals surface area (Å²) in [4.78, 5) is 23.2. The summed E-state index contributed by atoms with van der Waals surface area (Å²) in [5.41, 5.74) is 1.22. The van der Waals surface area contributed by atoms with Crippen LogP contribution < -0.4 is 16.8 Å². The Morgan fingerprint density at radius 3 is 2.89 bits per heavy atom. The number of thioether (sulfide) groups is 1. The number of hydrogen-bond acceptors (Lipinski definition) is 8. The molecular weight excluding hydrogens is 382 g/mol. The van der Waals surface area contributed by atoms with Gasteiger partial charge in [-0.15, -0.1) is 10.2 Å². The Hall–Kier alpha value is -3.53. The SMILES string of the molecule is CC(=O)Nc1ccc2c(CSc3nnc(-c4ccco4)n3N)cc(=O)oc2c1. The van der Waals surface area contributed by atoms with E-state index in [9.17, 15) is 9.59 Å². The van der Waals surface area contributed by atoms with E-state index in [-0.39, 0.29) is 5.91 Å². The molecule has 4 aromatic rings. The van der Waals surface area contributed by atoms with E-state index in [0.717, 1.165) is 10.9 Å². The minimum absolute atomic E-state index is 0.206. The molecule has 0 saturated heterocycles. The van der Waals surface area contributed by atoms with Crippen molar-refractivity contribution < 1.29 is 13.6 Å². The molecule has 0 aliphatic carbocycles. The molecule has 0 saturated carbocycles. The van der Waals surface area contributed by atoms with Crippen LogP contribution in [-0.2, 0) is 10.5 Å². The maximum absolute atomic E-state index is 11.9. The number of fused-ring (bicyclic) bond motifs is 1. The first-order valence-corrected chi connectivity index (χ1v) is 9.21. The van der Waals surface area contributed by atoms with Crippen LogP contribution in [0.5, 0.6) is 0 Å². The van der Waals surface area contributed by atoms with Crippen molar-refractivity contribution in [3.05, 3.63) is 58.6 Å². The third-order valence-electron chi connectivity index (χ3n) is 3.91. The van der Waals surface area contributed by atoms with Gasteiger partial charge in [-0.3, -0.25) is 4.79 Å². The standard InChI is InChI=1S/C18H15N5O4S/c1-10(24)20-12-4-5-13-11(7-16(25)27-15(13)8-12)9-28-18-22-21-17(23(18)19)14-3-2-6-26-14/h2-8H,9,19H2,1H3,(H,20,24). The quantitative estimate of drug-likeness (QED) is 0.299. The summed E-state index contributed by atoms with van der Waals surface area (Å²) in [6, 6.07) is 10.1. The maximum Gasteiger partial charge on any atom is 0.336 e. The highest BCUT2D eigenvalue weighted by molar-refractivity contribution is 7.98. The van der Waals surface area contributed by atoms with E-state index in [4.69, 9.17) is 14.7 Å². The molecule has 0 spiro atoms. The minimum Gasteiger partial charge on any atom is -0.461 e. The third kappa shape index (κ3) is 3.49. The van der Waals surface area contributed by atoms with Gasteiger partial charge >= 0.3 is 5.63 Å². The molecule has 142 valence electrons. The van der Waals surface area contributed by atoms with Gasteiger partial charge < -0.3 is 20.0 Å². The number of rotatable bonds is 5. The van der Waals surface area contributed by atoms with Crippen molar-refractivity contribution in [1.29, 1.82) is 0 Å². The highest BCUT2D eigenvalue weighted by Gasteiger charge is 2.15. The Morgan fingerprint density at radius 1 is 1.29 bits per heavy atom. The summed E-state index contributed by atoms with van der Waals surface area (Å²) < 4.78 is 11.9. The number of carbonyl (C=O) groups is 1. The van der Waals surface area contributed by atoms with Gasteiger partial charge in [0.05, 0.1) is 6.26 Å². The molecule has 0 atom stereocenters. The summed E-state index contributed by atoms with van der Waals surface area (Å²) in [5, 5.41) is 12.0. The van der Waals surface area contributed by atoms with Crippen LogP contribution in [0, 0.1) is 0 Å². The first-order chi connectivity index (χ1) is 13.5. The number of hydrogen-bond donors (Lipinski definition) is 2. The van der Waals surface area contributed by atoms with Crippen LogP contribution in [0.1, 0.15) is 12.5 Å². The fraction of sp³-hybridized carbons (Fsp3) is 0.111. The second-order valence-electron chi connectivity index (χ2n) is 5.92. The highest BCUT2D eigenvalue weighted by Crippen LogP contribution is 2.28. The zero-order chi connectivity index (χ0) is 19.7. The van der Waals surface area contributed by atoms with Gasteiger partial charge in [0.15, 0.2) is 5.76 Å². The van der Waals surface area contributed by atoms with Gasteiger partial charge in [0.2, 0.25) is 16.9 Å². The largest absolute Gasteiger partial charge is 0.461 e. The molecule has 9 nitrogen and oxygen atoms in total. The summed E-state index contributed by atoms with van der Waals surface area (Å²) in [6.45, 7) is 1.41. The van der Waals surface area contributed by atoms with Gasteiger partial charge in [-0.05, 0) is 29.8 Å². The van der Waals surface area contributed by atoms with Gasteiger partial charge in [-0.2, -0.15) is 0 Å². The number of amides is 1. The van der Waals surface area contributed by atoms with Gasteiger partial charge in [-0.25, -0.2) is 9.47 Å². The molecule has 3 heterocycles. The number of anilines is 1. The molecule has 28 heavy (non-hydrogen) atoms. The monoisotopic (exact) mass is 397 g/mol. The lowest BCUT2D eigenvalue weighted by atomic mass is 10.1. The molecule has 1 aromatic carbocycles. The molecule has 0 unspecified atom stereocenters. The van der Waals surface area contributed by atoms with Gasteiger partial charge in [0.25, 0.3) is 0 Å². The lowest BCUT2D eigenvalue weighted by molar-refractivity contribution is -0.114. The Bertz CT molecular complexity index is 1210. The fourth-order valence-electron chi connectivity index (χ4n) is 2.72. The summed E-state index contributed by atoms with van der Waals surface area (Å²) in [5.74, 6) is 7.20. The number of nitrogen functional groups attached to an aromatic ring is 1. The van der Waals surface area contributed by atoms with E-state index in [2.05, 4.69) is 15.5 Å². The van der Waals surface area contributed by atoms with Crippen LogP contribution in [0.15, 0.2) is 61.4 Å². The third-order valence-corrected chi connectivity index (χ3v) is 4.91. The van der Waals surface area contributed by atoms with Crippen LogP contribution in [0.4, 0.5) is 5.69 Å². The smallest absolute Gasteiger partial charge is 0.336 e. The van der Waals surface area contributed by atoms with E-state index in [1.807, 2.05) is 0 Å². The fourth-order valence-corrected chi connectivity index (χ4v) is 3.57. The van der Waals surface area contributed by atoms with Crippen molar-refractivity contribution in [2.75, 3.05) is 11.2 Å². The van der Waals surface area contributed by atoms with Crippen LogP contribution in [0.3, 0.4) is 0 Å². The van der Waals surface area contributed by atoms with Crippen LogP contribution in [-0.4, -0.2) is 20.8 Å². The normalized spacial score (nSPS) is 11.0. The first-order valence-electron chi connectivity index (χ1n) is 8.23. The average molecular weight is 397 g/mol. The number of nitrogens with zero attached hydrogens (tertiary/aromatic N) is 3. The number of carbonyl (C=O) groups excluding carboxylic acids is 1.